The summed E-state index contributed by atoms with van der Waals surface area (Å²) in [6.45, 7) is 0. The summed E-state index contributed by atoms with van der Waals surface area (Å²) in [5.41, 5.74) is 1.52. The largest absolute Gasteiger partial charge is 0.316 e. The van der Waals surface area contributed by atoms with Crippen LogP contribution in [-0.2, 0) is 12.8 Å². The predicted molar refractivity (Wildman–Crippen MR) is 85.3 cm³/mol. The van der Waals surface area contributed by atoms with Crippen molar-refractivity contribution >= 4 is 23.1 Å². The van der Waals surface area contributed by atoms with Crippen LogP contribution in [0.15, 0.2) is 46.7 Å². The van der Waals surface area contributed by atoms with E-state index in [1.165, 1.54) is 34.6 Å². The van der Waals surface area contributed by atoms with Gasteiger partial charge in [-0.1, -0.05) is 24.3 Å². The Hall–Kier alpha value is -0.770. The van der Waals surface area contributed by atoms with E-state index < -0.39 is 0 Å². The van der Waals surface area contributed by atoms with E-state index in [0.717, 1.165) is 0 Å². The van der Waals surface area contributed by atoms with Crippen LogP contribution in [0.3, 0.4) is 0 Å². The molecule has 2 heterocycles. The molecule has 1 nitrogen and oxygen atoms in total. The Balaban J connectivity index is 1.61. The summed E-state index contributed by atoms with van der Waals surface area (Å²) in [5, 5.41) is 6.38. The first-order valence-electron chi connectivity index (χ1n) is 6.81. The van der Waals surface area contributed by atoms with Crippen molar-refractivity contribution < 1.29 is 0 Å². The van der Waals surface area contributed by atoms with Crippen LogP contribution in [-0.4, -0.2) is 18.3 Å². The van der Waals surface area contributed by atoms with E-state index in [9.17, 15) is 0 Å². The Morgan fingerprint density at radius 1 is 1.26 bits per heavy atom. The van der Waals surface area contributed by atoms with Crippen molar-refractivity contribution in [3.8, 4) is 0 Å². The van der Waals surface area contributed by atoms with Crippen LogP contribution in [0.2, 0.25) is 0 Å². The molecule has 2 atom stereocenters. The summed E-state index contributed by atoms with van der Waals surface area (Å²) < 4.78 is 0. The van der Waals surface area contributed by atoms with E-state index in [4.69, 9.17) is 0 Å². The lowest BCUT2D eigenvalue weighted by Crippen LogP contribution is -2.35. The first kappa shape index (κ1) is 13.2. The minimum Gasteiger partial charge on any atom is -0.316 e. The van der Waals surface area contributed by atoms with Crippen molar-refractivity contribution in [1.29, 1.82) is 0 Å². The van der Waals surface area contributed by atoms with Crippen LogP contribution < -0.4 is 5.32 Å². The smallest absolute Gasteiger partial charge is 0.0289 e. The first-order chi connectivity index (χ1) is 9.36. The highest BCUT2D eigenvalue weighted by Crippen LogP contribution is 2.39. The fraction of sp³-hybridized carbons (Fsp3) is 0.375. The van der Waals surface area contributed by atoms with Crippen molar-refractivity contribution in [2.75, 3.05) is 7.05 Å². The van der Waals surface area contributed by atoms with Crippen LogP contribution in [0.4, 0.5) is 0 Å². The van der Waals surface area contributed by atoms with Gasteiger partial charge in [-0.15, -0.1) is 23.1 Å². The predicted octanol–water partition coefficient (Wildman–Crippen LogP) is 3.99. The highest BCUT2D eigenvalue weighted by Gasteiger charge is 2.28. The number of thioether (sulfide) groups is 1. The van der Waals surface area contributed by atoms with Crippen molar-refractivity contribution in [3.63, 3.8) is 0 Å². The highest BCUT2D eigenvalue weighted by molar-refractivity contribution is 8.00. The molecule has 0 radical (unpaired) electrons. The maximum absolute atomic E-state index is 3.53. The average Bonchev–Trinajstić information content (AvgIpc) is 3.08. The molecule has 0 saturated carbocycles. The number of fused-ring (bicyclic) bond motifs is 1. The Kier molecular flexibility index (Phi) is 4.26. The standard InChI is InChI=1S/C16H19NS2/c1-17-14(9-8-13-6-4-10-18-13)16-11-12-5-2-3-7-15(12)19-16/h2-7,10,14,16-17H,8-9,11H2,1H3. The van der Waals surface area contributed by atoms with Crippen molar-refractivity contribution in [1.82, 2.24) is 5.32 Å². The van der Waals surface area contributed by atoms with Crippen LogP contribution in [0.5, 0.6) is 0 Å². The number of hydrogen-bond donors (Lipinski definition) is 1. The normalized spacial score (nSPS) is 19.3. The summed E-state index contributed by atoms with van der Waals surface area (Å²) in [7, 11) is 2.10. The van der Waals surface area contributed by atoms with Gasteiger partial charge in [0.2, 0.25) is 0 Å². The lowest BCUT2D eigenvalue weighted by Gasteiger charge is -2.22. The molecule has 1 aliphatic rings. The third kappa shape index (κ3) is 3.04. The van der Waals surface area contributed by atoms with E-state index in [-0.39, 0.29) is 0 Å². The van der Waals surface area contributed by atoms with Crippen molar-refractivity contribution in [2.45, 2.75) is 35.4 Å². The summed E-state index contributed by atoms with van der Waals surface area (Å²) >= 11 is 3.92. The molecule has 0 spiro atoms. The van der Waals surface area contributed by atoms with Gasteiger partial charge in [-0.05, 0) is 49.4 Å². The molecule has 1 aromatic carbocycles. The molecule has 0 amide bonds. The van der Waals surface area contributed by atoms with E-state index >= 15 is 0 Å². The molecule has 3 heteroatoms. The Morgan fingerprint density at radius 2 is 2.16 bits per heavy atom. The molecule has 1 aliphatic heterocycles. The van der Waals surface area contributed by atoms with E-state index in [2.05, 4.69) is 54.1 Å². The van der Waals surface area contributed by atoms with Gasteiger partial charge in [0.15, 0.2) is 0 Å². The van der Waals surface area contributed by atoms with Crippen LogP contribution in [0.1, 0.15) is 16.9 Å². The summed E-state index contributed by atoms with van der Waals surface area (Å²) in [4.78, 5) is 2.98. The topological polar surface area (TPSA) is 12.0 Å². The first-order valence-corrected chi connectivity index (χ1v) is 8.57. The van der Waals surface area contributed by atoms with Gasteiger partial charge in [-0.3, -0.25) is 0 Å². The maximum atomic E-state index is 3.53. The summed E-state index contributed by atoms with van der Waals surface area (Å²) in [5.74, 6) is 0. The van der Waals surface area contributed by atoms with E-state index in [0.29, 0.717) is 11.3 Å². The van der Waals surface area contributed by atoms with Crippen LogP contribution in [0.25, 0.3) is 0 Å². The zero-order chi connectivity index (χ0) is 13.1. The Bertz CT molecular complexity index is 496. The zero-order valence-corrected chi connectivity index (χ0v) is 12.8. The molecule has 19 heavy (non-hydrogen) atoms. The number of benzene rings is 1. The lowest BCUT2D eigenvalue weighted by molar-refractivity contribution is 0.506. The van der Waals surface area contributed by atoms with Gasteiger partial charge in [-0.25, -0.2) is 0 Å². The van der Waals surface area contributed by atoms with Gasteiger partial charge in [0.25, 0.3) is 0 Å². The number of hydrogen-bond acceptors (Lipinski definition) is 3. The fourth-order valence-electron chi connectivity index (χ4n) is 2.70. The summed E-state index contributed by atoms with van der Waals surface area (Å²) in [6, 6.07) is 13.8. The van der Waals surface area contributed by atoms with Gasteiger partial charge < -0.3 is 5.32 Å². The average molecular weight is 289 g/mol. The quantitative estimate of drug-likeness (QED) is 0.893. The Labute approximate surface area is 123 Å². The lowest BCUT2D eigenvalue weighted by atomic mass is 10.0. The van der Waals surface area contributed by atoms with Gasteiger partial charge >= 0.3 is 0 Å². The molecule has 0 bridgehead atoms. The minimum atomic E-state index is 0.597. The van der Waals surface area contributed by atoms with Gasteiger partial charge in [-0.2, -0.15) is 0 Å². The molecule has 2 unspecified atom stereocenters. The van der Waals surface area contributed by atoms with Crippen LogP contribution in [0, 0.1) is 0 Å². The second-order valence-corrected chi connectivity index (χ2v) is 7.29. The fourth-order valence-corrected chi connectivity index (χ4v) is 4.91. The molecule has 100 valence electrons. The van der Waals surface area contributed by atoms with Gasteiger partial charge in [0, 0.05) is 21.1 Å². The Morgan fingerprint density at radius 3 is 2.89 bits per heavy atom. The maximum Gasteiger partial charge on any atom is 0.0289 e. The third-order valence-corrected chi connectivity index (χ3v) is 6.16. The van der Waals surface area contributed by atoms with E-state index in [1.807, 2.05) is 23.1 Å². The monoisotopic (exact) mass is 289 g/mol. The SMILES string of the molecule is CNC(CCc1cccs1)C1Cc2ccccc2S1. The van der Waals surface area contributed by atoms with Crippen molar-refractivity contribution in [2.24, 2.45) is 0 Å². The van der Waals surface area contributed by atoms with Gasteiger partial charge in [0.1, 0.15) is 0 Å². The molecular weight excluding hydrogens is 270 g/mol. The number of nitrogens with one attached hydrogen (secondary N) is 1. The second kappa shape index (κ2) is 6.12. The molecule has 1 aromatic heterocycles. The van der Waals surface area contributed by atoms with Crippen molar-refractivity contribution in [3.05, 3.63) is 52.2 Å². The number of rotatable bonds is 5. The number of thiophene rings is 1. The molecule has 3 rings (SSSR count). The molecule has 1 N–H and O–H groups in total. The molecule has 0 fully saturated rings. The van der Waals surface area contributed by atoms with Crippen LogP contribution >= 0.6 is 23.1 Å². The molecule has 0 saturated heterocycles. The minimum absolute atomic E-state index is 0.597. The number of aryl methyl sites for hydroxylation is 1. The molecule has 0 aliphatic carbocycles. The van der Waals surface area contributed by atoms with Gasteiger partial charge in [0.05, 0.1) is 0 Å². The molecular formula is C16H19NS2. The molecule has 2 aromatic rings. The third-order valence-electron chi connectivity index (χ3n) is 3.77. The van der Waals surface area contributed by atoms with E-state index in [1.54, 1.807) is 0 Å². The second-order valence-electron chi connectivity index (χ2n) is 4.98. The summed E-state index contributed by atoms with van der Waals surface area (Å²) in [6.07, 6.45) is 3.62. The zero-order valence-electron chi connectivity index (χ0n) is 11.1. The highest BCUT2D eigenvalue weighted by atomic mass is 32.2.